The molecule has 0 aliphatic heterocycles. The van der Waals surface area contributed by atoms with Gasteiger partial charge in [-0.15, -0.1) is 0 Å². The highest BCUT2D eigenvalue weighted by molar-refractivity contribution is 6.21. The van der Waals surface area contributed by atoms with Crippen LogP contribution in [-0.4, -0.2) is 0 Å². The number of allylic oxidation sites excluding steroid dienone is 1. The number of benzene rings is 8. The van der Waals surface area contributed by atoms with E-state index in [-0.39, 0.29) is 0 Å². The zero-order valence-corrected chi connectivity index (χ0v) is 24.4. The Morgan fingerprint density at radius 2 is 0.841 bits per heavy atom. The summed E-state index contributed by atoms with van der Waals surface area (Å²) >= 11 is 0. The molecule has 44 heavy (non-hydrogen) atoms. The van der Waals surface area contributed by atoms with Crippen molar-refractivity contribution in [2.24, 2.45) is 0 Å². The quantitative estimate of drug-likeness (QED) is 0.149. The molecule has 0 N–H and O–H groups in total. The fraction of sp³-hybridized carbons (Fsp3) is 0.0455. The van der Waals surface area contributed by atoms with Crippen molar-refractivity contribution in [2.75, 3.05) is 0 Å². The standard InChI is InChI=1S/C44H30/c1-2-12-30(13-3-1)43-38-18-8-10-20-40(38)44(41-21-11-9-19-39(41)43)31-24-22-29(23-25-31)32-26-27-37-35-16-5-4-14-33(35)34-15-6-7-17-36(34)42(37)28-32/h1-4,6-15,17-28H,5,16H2. The van der Waals surface area contributed by atoms with Gasteiger partial charge in [-0.3, -0.25) is 0 Å². The van der Waals surface area contributed by atoms with Crippen LogP contribution in [0.1, 0.15) is 17.5 Å². The van der Waals surface area contributed by atoms with Crippen molar-refractivity contribution in [3.05, 3.63) is 163 Å². The molecule has 0 spiro atoms. The van der Waals surface area contributed by atoms with Gasteiger partial charge in [-0.25, -0.2) is 0 Å². The molecule has 0 radical (unpaired) electrons. The average Bonchev–Trinajstić information content (AvgIpc) is 3.11. The van der Waals surface area contributed by atoms with Crippen molar-refractivity contribution in [2.45, 2.75) is 12.8 Å². The Balaban J connectivity index is 1.22. The van der Waals surface area contributed by atoms with Gasteiger partial charge in [0.05, 0.1) is 0 Å². The molecule has 0 aromatic heterocycles. The van der Waals surface area contributed by atoms with Crippen LogP contribution in [-0.2, 0) is 6.42 Å². The third-order valence-corrected chi connectivity index (χ3v) is 9.52. The van der Waals surface area contributed by atoms with Crippen LogP contribution in [0.4, 0.5) is 0 Å². The number of aryl methyl sites for hydroxylation is 1. The van der Waals surface area contributed by atoms with Gasteiger partial charge in [0.1, 0.15) is 0 Å². The van der Waals surface area contributed by atoms with E-state index in [4.69, 9.17) is 0 Å². The highest BCUT2D eigenvalue weighted by Crippen LogP contribution is 2.44. The first-order valence-electron chi connectivity index (χ1n) is 15.6. The summed E-state index contributed by atoms with van der Waals surface area (Å²) in [5.74, 6) is 0. The van der Waals surface area contributed by atoms with E-state index >= 15 is 0 Å². The van der Waals surface area contributed by atoms with Crippen molar-refractivity contribution >= 4 is 49.2 Å². The summed E-state index contributed by atoms with van der Waals surface area (Å²) in [6.45, 7) is 0. The molecule has 0 amide bonds. The molecule has 0 saturated heterocycles. The number of fused-ring (bicyclic) bond motifs is 8. The van der Waals surface area contributed by atoms with Gasteiger partial charge in [0.2, 0.25) is 0 Å². The van der Waals surface area contributed by atoms with Crippen LogP contribution in [0.5, 0.6) is 0 Å². The molecule has 0 heterocycles. The van der Waals surface area contributed by atoms with Gasteiger partial charge in [-0.2, -0.15) is 0 Å². The molecule has 0 unspecified atom stereocenters. The molecule has 206 valence electrons. The van der Waals surface area contributed by atoms with Gasteiger partial charge in [0.15, 0.2) is 0 Å². The van der Waals surface area contributed by atoms with Crippen molar-refractivity contribution < 1.29 is 0 Å². The third-order valence-electron chi connectivity index (χ3n) is 9.52. The van der Waals surface area contributed by atoms with E-state index in [0.29, 0.717) is 0 Å². The van der Waals surface area contributed by atoms with Gasteiger partial charge in [-0.05, 0) is 107 Å². The Bertz CT molecular complexity index is 2350. The molecular weight excluding hydrogens is 528 g/mol. The first-order valence-corrected chi connectivity index (χ1v) is 15.6. The molecule has 8 aromatic carbocycles. The maximum Gasteiger partial charge on any atom is -0.00264 e. The van der Waals surface area contributed by atoms with E-state index in [1.807, 2.05) is 0 Å². The van der Waals surface area contributed by atoms with Crippen LogP contribution in [0.15, 0.2) is 152 Å². The summed E-state index contributed by atoms with van der Waals surface area (Å²) in [7, 11) is 0. The van der Waals surface area contributed by atoms with Crippen molar-refractivity contribution in [1.82, 2.24) is 0 Å². The van der Waals surface area contributed by atoms with E-state index in [2.05, 4.69) is 158 Å². The van der Waals surface area contributed by atoms with Gasteiger partial charge >= 0.3 is 0 Å². The Morgan fingerprint density at radius 3 is 1.48 bits per heavy atom. The summed E-state index contributed by atoms with van der Waals surface area (Å²) in [5, 5.41) is 10.6. The van der Waals surface area contributed by atoms with Gasteiger partial charge in [0, 0.05) is 0 Å². The molecule has 0 heteroatoms. The van der Waals surface area contributed by atoms with Crippen molar-refractivity contribution in [3.63, 3.8) is 0 Å². The lowest BCUT2D eigenvalue weighted by molar-refractivity contribution is 1.00. The van der Waals surface area contributed by atoms with Crippen LogP contribution >= 0.6 is 0 Å². The van der Waals surface area contributed by atoms with Gasteiger partial charge < -0.3 is 0 Å². The highest BCUT2D eigenvalue weighted by atomic mass is 14.2. The summed E-state index contributed by atoms with van der Waals surface area (Å²) < 4.78 is 0. The second kappa shape index (κ2) is 10.1. The largest absolute Gasteiger partial charge is 0.0836 e. The van der Waals surface area contributed by atoms with Crippen LogP contribution < -0.4 is 0 Å². The smallest absolute Gasteiger partial charge is 0.00264 e. The minimum Gasteiger partial charge on any atom is -0.0836 e. The van der Waals surface area contributed by atoms with E-state index in [1.165, 1.54) is 87.6 Å². The predicted octanol–water partition coefficient (Wildman–Crippen LogP) is 12.3. The number of rotatable bonds is 3. The Morgan fingerprint density at radius 1 is 0.341 bits per heavy atom. The lowest BCUT2D eigenvalue weighted by Crippen LogP contribution is -1.98. The maximum absolute atomic E-state index is 2.41. The normalized spacial score (nSPS) is 12.7. The summed E-state index contributed by atoms with van der Waals surface area (Å²) in [6, 6.07) is 53.7. The SMILES string of the molecule is C1=Cc2c(c3ccc(-c4ccc(-c5c6ccccc6c(-c6ccccc6)c6ccccc56)cc4)cc3c3ccccc23)CC1. The van der Waals surface area contributed by atoms with Crippen LogP contribution in [0.3, 0.4) is 0 Å². The highest BCUT2D eigenvalue weighted by Gasteiger charge is 2.17. The fourth-order valence-electron chi connectivity index (χ4n) is 7.54. The molecule has 1 aliphatic carbocycles. The van der Waals surface area contributed by atoms with E-state index in [0.717, 1.165) is 12.8 Å². The molecule has 0 bridgehead atoms. The second-order valence-electron chi connectivity index (χ2n) is 11.9. The van der Waals surface area contributed by atoms with E-state index < -0.39 is 0 Å². The van der Waals surface area contributed by atoms with E-state index in [9.17, 15) is 0 Å². The minimum absolute atomic E-state index is 1.10. The van der Waals surface area contributed by atoms with Gasteiger partial charge in [-0.1, -0.05) is 152 Å². The van der Waals surface area contributed by atoms with Crippen molar-refractivity contribution in [1.29, 1.82) is 0 Å². The molecule has 9 rings (SSSR count). The lowest BCUT2D eigenvalue weighted by atomic mass is 9.85. The first kappa shape index (κ1) is 25.1. The zero-order chi connectivity index (χ0) is 29.0. The van der Waals surface area contributed by atoms with Crippen molar-refractivity contribution in [3.8, 4) is 33.4 Å². The second-order valence-corrected chi connectivity index (χ2v) is 11.9. The molecule has 0 saturated carbocycles. The van der Waals surface area contributed by atoms with Crippen LogP contribution in [0.25, 0.3) is 82.5 Å². The van der Waals surface area contributed by atoms with E-state index in [1.54, 1.807) is 0 Å². The fourth-order valence-corrected chi connectivity index (χ4v) is 7.54. The molecule has 0 atom stereocenters. The summed E-state index contributed by atoms with van der Waals surface area (Å²) in [5.41, 5.74) is 10.5. The molecule has 8 aromatic rings. The summed E-state index contributed by atoms with van der Waals surface area (Å²) in [4.78, 5) is 0. The Labute approximate surface area is 257 Å². The van der Waals surface area contributed by atoms with Gasteiger partial charge in [0.25, 0.3) is 0 Å². The molecule has 0 fully saturated rings. The van der Waals surface area contributed by atoms with Crippen LogP contribution in [0.2, 0.25) is 0 Å². The predicted molar refractivity (Wildman–Crippen MR) is 190 cm³/mol. The first-order chi connectivity index (χ1) is 21.8. The molecular formula is C44H30. The summed E-state index contributed by atoms with van der Waals surface area (Å²) in [6.07, 6.45) is 6.86. The molecule has 1 aliphatic rings. The topological polar surface area (TPSA) is 0 Å². The minimum atomic E-state index is 1.10. The number of hydrogen-bond acceptors (Lipinski definition) is 0. The Hall–Kier alpha value is -5.46. The average molecular weight is 559 g/mol. The lowest BCUT2D eigenvalue weighted by Gasteiger charge is -2.19. The number of hydrogen-bond donors (Lipinski definition) is 0. The van der Waals surface area contributed by atoms with Crippen LogP contribution in [0, 0.1) is 0 Å². The Kier molecular flexibility index (Phi) is 5.74. The maximum atomic E-state index is 2.41. The third kappa shape index (κ3) is 3.85. The monoisotopic (exact) mass is 558 g/mol. The zero-order valence-electron chi connectivity index (χ0n) is 24.4. The molecule has 0 nitrogen and oxygen atoms in total.